The standard InChI is InChI=1S/C21H26N4OS2/c1-3-12-25-20(17-13-18(4-2)27-14-17)23-24-21(25)28-15-19(26)22-11-10-16-8-6-5-7-9-16/h5-9,13-14H,3-4,10-12,15H2,1-2H3,(H,22,26). The summed E-state index contributed by atoms with van der Waals surface area (Å²) in [7, 11) is 0. The molecule has 5 nitrogen and oxygen atoms in total. The molecule has 0 saturated carbocycles. The zero-order chi connectivity index (χ0) is 19.8. The molecule has 0 spiro atoms. The van der Waals surface area contributed by atoms with Gasteiger partial charge in [-0.05, 0) is 30.9 Å². The number of nitrogens with one attached hydrogen (secondary N) is 1. The van der Waals surface area contributed by atoms with Crippen molar-refractivity contribution in [2.75, 3.05) is 12.3 Å². The highest BCUT2D eigenvalue weighted by molar-refractivity contribution is 7.99. The number of hydrogen-bond acceptors (Lipinski definition) is 5. The third kappa shape index (κ3) is 5.45. The van der Waals surface area contributed by atoms with E-state index in [4.69, 9.17) is 0 Å². The minimum atomic E-state index is 0.0253. The molecule has 1 N–H and O–H groups in total. The molecule has 0 aliphatic rings. The number of thiophene rings is 1. The molecule has 148 valence electrons. The quantitative estimate of drug-likeness (QED) is 0.499. The van der Waals surface area contributed by atoms with Crippen molar-refractivity contribution in [3.8, 4) is 11.4 Å². The summed E-state index contributed by atoms with van der Waals surface area (Å²) in [5.41, 5.74) is 2.34. The highest BCUT2D eigenvalue weighted by Gasteiger charge is 2.16. The Kier molecular flexibility index (Phi) is 7.68. The van der Waals surface area contributed by atoms with Crippen LogP contribution in [-0.4, -0.2) is 33.0 Å². The van der Waals surface area contributed by atoms with Crippen LogP contribution in [-0.2, 0) is 24.2 Å². The van der Waals surface area contributed by atoms with E-state index in [1.54, 1.807) is 11.3 Å². The number of rotatable bonds is 10. The van der Waals surface area contributed by atoms with Gasteiger partial charge in [-0.15, -0.1) is 21.5 Å². The van der Waals surface area contributed by atoms with Gasteiger partial charge in [0.2, 0.25) is 5.91 Å². The van der Waals surface area contributed by atoms with E-state index in [9.17, 15) is 4.79 Å². The van der Waals surface area contributed by atoms with Crippen LogP contribution in [0.1, 0.15) is 30.7 Å². The summed E-state index contributed by atoms with van der Waals surface area (Å²) in [5, 5.41) is 14.7. The molecule has 2 aromatic heterocycles. The topological polar surface area (TPSA) is 59.8 Å². The average Bonchev–Trinajstić information content (AvgIpc) is 3.34. The number of thioether (sulfide) groups is 1. The molecule has 0 fully saturated rings. The number of aryl methyl sites for hydroxylation is 1. The summed E-state index contributed by atoms with van der Waals surface area (Å²) < 4.78 is 2.13. The third-order valence-corrected chi connectivity index (χ3v) is 6.38. The first kappa shape index (κ1) is 20.6. The van der Waals surface area contributed by atoms with E-state index in [1.165, 1.54) is 22.2 Å². The first-order valence-corrected chi connectivity index (χ1v) is 11.5. The van der Waals surface area contributed by atoms with Crippen molar-refractivity contribution < 1.29 is 4.79 Å². The lowest BCUT2D eigenvalue weighted by Crippen LogP contribution is -2.27. The van der Waals surface area contributed by atoms with Gasteiger partial charge in [-0.3, -0.25) is 4.79 Å². The fourth-order valence-electron chi connectivity index (χ4n) is 2.89. The van der Waals surface area contributed by atoms with Crippen LogP contribution in [0, 0.1) is 0 Å². The lowest BCUT2D eigenvalue weighted by atomic mass is 10.1. The van der Waals surface area contributed by atoms with Crippen LogP contribution in [0.25, 0.3) is 11.4 Å². The van der Waals surface area contributed by atoms with E-state index in [2.05, 4.69) is 57.5 Å². The van der Waals surface area contributed by atoms with Crippen LogP contribution in [0.2, 0.25) is 0 Å². The molecule has 0 unspecified atom stereocenters. The molecule has 0 bridgehead atoms. The van der Waals surface area contributed by atoms with Crippen LogP contribution in [0.4, 0.5) is 0 Å². The van der Waals surface area contributed by atoms with Crippen molar-refractivity contribution in [3.63, 3.8) is 0 Å². The summed E-state index contributed by atoms with van der Waals surface area (Å²) in [6.45, 7) is 5.78. The molecule has 1 aromatic carbocycles. The maximum absolute atomic E-state index is 12.2. The summed E-state index contributed by atoms with van der Waals surface area (Å²) in [4.78, 5) is 13.5. The largest absolute Gasteiger partial charge is 0.355 e. The van der Waals surface area contributed by atoms with Crippen LogP contribution in [0.3, 0.4) is 0 Å². The maximum atomic E-state index is 12.2. The lowest BCUT2D eigenvalue weighted by molar-refractivity contribution is -0.118. The Balaban J connectivity index is 1.56. The van der Waals surface area contributed by atoms with Gasteiger partial charge >= 0.3 is 0 Å². The van der Waals surface area contributed by atoms with Gasteiger partial charge in [-0.2, -0.15) is 0 Å². The first-order valence-electron chi connectivity index (χ1n) is 9.65. The third-order valence-electron chi connectivity index (χ3n) is 4.34. The Hall–Kier alpha value is -2.12. The zero-order valence-corrected chi connectivity index (χ0v) is 18.0. The molecule has 2 heterocycles. The smallest absolute Gasteiger partial charge is 0.230 e. The molecular formula is C21H26N4OS2. The van der Waals surface area contributed by atoms with Crippen molar-refractivity contribution in [3.05, 3.63) is 52.2 Å². The van der Waals surface area contributed by atoms with Crippen molar-refractivity contribution in [2.24, 2.45) is 0 Å². The number of aromatic nitrogens is 3. The maximum Gasteiger partial charge on any atom is 0.230 e. The van der Waals surface area contributed by atoms with E-state index in [-0.39, 0.29) is 5.91 Å². The van der Waals surface area contributed by atoms with E-state index >= 15 is 0 Å². The Labute approximate surface area is 174 Å². The fraction of sp³-hybridized carbons (Fsp3) is 0.381. The Bertz CT molecular complexity index is 889. The van der Waals surface area contributed by atoms with Gasteiger partial charge in [0.15, 0.2) is 11.0 Å². The van der Waals surface area contributed by atoms with Gasteiger partial charge < -0.3 is 9.88 Å². The minimum Gasteiger partial charge on any atom is -0.355 e. The summed E-state index contributed by atoms with van der Waals surface area (Å²) in [6.07, 6.45) is 2.86. The predicted molar refractivity (Wildman–Crippen MR) is 117 cm³/mol. The van der Waals surface area contributed by atoms with E-state index in [0.29, 0.717) is 12.3 Å². The van der Waals surface area contributed by atoms with Gasteiger partial charge in [0.05, 0.1) is 5.75 Å². The molecule has 0 radical (unpaired) electrons. The molecule has 28 heavy (non-hydrogen) atoms. The van der Waals surface area contributed by atoms with Gasteiger partial charge in [0.25, 0.3) is 0 Å². The lowest BCUT2D eigenvalue weighted by Gasteiger charge is -2.08. The van der Waals surface area contributed by atoms with Crippen LogP contribution in [0.5, 0.6) is 0 Å². The predicted octanol–water partition coefficient (Wildman–Crippen LogP) is 4.43. The first-order chi connectivity index (χ1) is 13.7. The fourth-order valence-corrected chi connectivity index (χ4v) is 4.50. The highest BCUT2D eigenvalue weighted by atomic mass is 32.2. The van der Waals surface area contributed by atoms with Gasteiger partial charge in [-0.1, -0.05) is 55.9 Å². The Morgan fingerprint density at radius 1 is 1.21 bits per heavy atom. The summed E-state index contributed by atoms with van der Waals surface area (Å²) >= 11 is 3.20. The van der Waals surface area contributed by atoms with E-state index < -0.39 is 0 Å². The Morgan fingerprint density at radius 2 is 2.04 bits per heavy atom. The summed E-state index contributed by atoms with van der Waals surface area (Å²) in [5.74, 6) is 1.27. The molecule has 7 heteroatoms. The van der Waals surface area contributed by atoms with Crippen molar-refractivity contribution >= 4 is 29.0 Å². The molecule has 0 atom stereocenters. The molecule has 0 aliphatic heterocycles. The van der Waals surface area contributed by atoms with Gasteiger partial charge in [0, 0.05) is 28.9 Å². The van der Waals surface area contributed by atoms with Crippen LogP contribution in [0.15, 0.2) is 46.9 Å². The molecule has 3 aromatic rings. The monoisotopic (exact) mass is 414 g/mol. The highest BCUT2D eigenvalue weighted by Crippen LogP contribution is 2.28. The van der Waals surface area contributed by atoms with Crippen LogP contribution < -0.4 is 5.32 Å². The number of amides is 1. The number of carbonyl (C=O) groups excluding carboxylic acids is 1. The van der Waals surface area contributed by atoms with Crippen molar-refractivity contribution in [2.45, 2.75) is 44.8 Å². The second kappa shape index (κ2) is 10.4. The number of hydrogen-bond donors (Lipinski definition) is 1. The summed E-state index contributed by atoms with van der Waals surface area (Å²) in [6, 6.07) is 12.4. The SMILES string of the molecule is CCCn1c(SCC(=O)NCCc2ccccc2)nnc1-c1csc(CC)c1. The molecule has 1 amide bonds. The molecular weight excluding hydrogens is 388 g/mol. The van der Waals surface area contributed by atoms with E-state index in [1.807, 2.05) is 18.2 Å². The number of nitrogens with zero attached hydrogens (tertiary/aromatic N) is 3. The van der Waals surface area contributed by atoms with E-state index in [0.717, 1.165) is 42.4 Å². The van der Waals surface area contributed by atoms with Gasteiger partial charge in [0.1, 0.15) is 0 Å². The number of carbonyl (C=O) groups is 1. The van der Waals surface area contributed by atoms with Gasteiger partial charge in [-0.25, -0.2) is 0 Å². The second-order valence-electron chi connectivity index (χ2n) is 6.49. The molecule has 3 rings (SSSR count). The normalized spacial score (nSPS) is 10.9. The molecule has 0 saturated heterocycles. The average molecular weight is 415 g/mol. The van der Waals surface area contributed by atoms with Crippen molar-refractivity contribution in [1.29, 1.82) is 0 Å². The molecule has 0 aliphatic carbocycles. The zero-order valence-electron chi connectivity index (χ0n) is 16.4. The number of benzene rings is 1. The van der Waals surface area contributed by atoms with Crippen molar-refractivity contribution in [1.82, 2.24) is 20.1 Å². The second-order valence-corrected chi connectivity index (χ2v) is 8.43. The Morgan fingerprint density at radius 3 is 2.75 bits per heavy atom. The van der Waals surface area contributed by atoms with Crippen LogP contribution >= 0.6 is 23.1 Å². The minimum absolute atomic E-state index is 0.0253.